The maximum atomic E-state index is 14.1. The molecule has 1 saturated carbocycles. The van der Waals surface area contributed by atoms with Crippen molar-refractivity contribution < 1.29 is 19.1 Å². The van der Waals surface area contributed by atoms with Gasteiger partial charge in [-0.2, -0.15) is 0 Å². The van der Waals surface area contributed by atoms with E-state index >= 15 is 0 Å². The highest BCUT2D eigenvalue weighted by Gasteiger charge is 2.48. The van der Waals surface area contributed by atoms with E-state index in [4.69, 9.17) is 0 Å². The number of rotatable bonds is 2. The maximum absolute atomic E-state index is 14.1. The van der Waals surface area contributed by atoms with Gasteiger partial charge in [0.2, 0.25) is 0 Å². The van der Waals surface area contributed by atoms with Gasteiger partial charge in [0.1, 0.15) is 11.7 Å². The van der Waals surface area contributed by atoms with Crippen LogP contribution in [0.25, 0.3) is 0 Å². The van der Waals surface area contributed by atoms with Crippen molar-refractivity contribution in [2.45, 2.75) is 38.0 Å². The Balaban J connectivity index is 2.30. The van der Waals surface area contributed by atoms with Gasteiger partial charge in [0.05, 0.1) is 0 Å². The largest absolute Gasteiger partial charge is 0.480 e. The monoisotopic (exact) mass is 340 g/mol. The van der Waals surface area contributed by atoms with Crippen LogP contribution in [0.5, 0.6) is 0 Å². The molecule has 0 heterocycles. The molecule has 0 spiro atoms. The molecular weight excluding hydrogens is 327 g/mol. The second-order valence-corrected chi connectivity index (χ2v) is 6.34. The molecule has 3 aliphatic carbocycles. The number of Topliss-reactive ketones (excluding diaryl/α,β-unsaturated/α-hetero) is 1. The average molecular weight is 341 g/mol. The van der Waals surface area contributed by atoms with Gasteiger partial charge in [-0.15, -0.1) is 0 Å². The standard InChI is InChI=1S/C15H14BrFO3/c1-2-8-10(17)5-9-6-3-7(4-6)14(18)12(15(19)20)11(9)13(8)16/h5-7,12H,2-4H2,1H3,(H,19,20). The molecule has 1 aromatic rings. The van der Waals surface area contributed by atoms with Gasteiger partial charge < -0.3 is 5.11 Å². The Bertz CT molecular complexity index is 620. The third kappa shape index (κ3) is 1.75. The average Bonchev–Trinajstić information content (AvgIpc) is 2.49. The highest BCUT2D eigenvalue weighted by Crippen LogP contribution is 2.52. The number of aliphatic carboxylic acids is 1. The van der Waals surface area contributed by atoms with Gasteiger partial charge in [0.15, 0.2) is 5.78 Å². The molecule has 5 heteroatoms. The molecule has 3 nitrogen and oxygen atoms in total. The lowest BCUT2D eigenvalue weighted by molar-refractivity contribution is -0.144. The number of carboxylic acids is 1. The number of hydrogen-bond donors (Lipinski definition) is 1. The molecule has 1 N–H and O–H groups in total. The zero-order valence-corrected chi connectivity index (χ0v) is 12.5. The molecule has 1 unspecified atom stereocenters. The van der Waals surface area contributed by atoms with Crippen LogP contribution in [-0.4, -0.2) is 16.9 Å². The van der Waals surface area contributed by atoms with Crippen LogP contribution < -0.4 is 0 Å². The molecular formula is C15H14BrFO3. The second kappa shape index (κ2) is 4.65. The molecule has 4 rings (SSSR count). The van der Waals surface area contributed by atoms with Crippen LogP contribution in [-0.2, 0) is 16.0 Å². The van der Waals surface area contributed by atoms with Crippen LogP contribution in [0.2, 0.25) is 0 Å². The zero-order valence-electron chi connectivity index (χ0n) is 11.0. The summed E-state index contributed by atoms with van der Waals surface area (Å²) in [5, 5.41) is 9.44. The van der Waals surface area contributed by atoms with Crippen molar-refractivity contribution in [1.82, 2.24) is 0 Å². The highest BCUT2D eigenvalue weighted by molar-refractivity contribution is 9.10. The van der Waals surface area contributed by atoms with Gasteiger partial charge in [-0.3, -0.25) is 9.59 Å². The van der Waals surface area contributed by atoms with E-state index in [0.717, 1.165) is 0 Å². The molecule has 1 atom stereocenters. The number of hydrogen-bond acceptors (Lipinski definition) is 2. The number of halogens is 2. The number of carboxylic acid groups (broad SMARTS) is 1. The van der Waals surface area contributed by atoms with E-state index in [1.807, 2.05) is 6.92 Å². The summed E-state index contributed by atoms with van der Waals surface area (Å²) in [6.07, 6.45) is 1.74. The first kappa shape index (κ1) is 13.7. The van der Waals surface area contributed by atoms with Gasteiger partial charge in [-0.1, -0.05) is 22.9 Å². The number of ketones is 1. The number of fused-ring (bicyclic) bond motifs is 1. The van der Waals surface area contributed by atoms with Crippen molar-refractivity contribution >= 4 is 27.7 Å². The Hall–Kier alpha value is -1.23. The lowest BCUT2D eigenvalue weighted by Crippen LogP contribution is -2.31. The van der Waals surface area contributed by atoms with Crippen molar-refractivity contribution in [1.29, 1.82) is 0 Å². The first-order valence-corrected chi connectivity index (χ1v) is 7.52. The minimum absolute atomic E-state index is 0.111. The van der Waals surface area contributed by atoms with E-state index in [9.17, 15) is 19.1 Å². The van der Waals surface area contributed by atoms with Crippen LogP contribution in [0.15, 0.2) is 10.5 Å². The van der Waals surface area contributed by atoms with E-state index in [0.29, 0.717) is 40.4 Å². The lowest BCUT2D eigenvalue weighted by atomic mass is 9.71. The molecule has 0 aliphatic heterocycles. The molecule has 3 aliphatic rings. The van der Waals surface area contributed by atoms with Crippen LogP contribution in [0.4, 0.5) is 4.39 Å². The first-order chi connectivity index (χ1) is 9.45. The first-order valence-electron chi connectivity index (χ1n) is 6.72. The minimum Gasteiger partial charge on any atom is -0.480 e. The van der Waals surface area contributed by atoms with Gasteiger partial charge in [0, 0.05) is 16.0 Å². The molecule has 1 fully saturated rings. The summed E-state index contributed by atoms with van der Waals surface area (Å²) in [5.41, 5.74) is 1.62. The predicted molar refractivity (Wildman–Crippen MR) is 74.3 cm³/mol. The summed E-state index contributed by atoms with van der Waals surface area (Å²) in [5.74, 6) is -2.93. The van der Waals surface area contributed by atoms with Crippen LogP contribution in [0.3, 0.4) is 0 Å². The van der Waals surface area contributed by atoms with E-state index < -0.39 is 11.9 Å². The Kier molecular flexibility index (Phi) is 3.20. The fourth-order valence-corrected chi connectivity index (χ4v) is 4.31. The summed E-state index contributed by atoms with van der Waals surface area (Å²) in [6.45, 7) is 1.81. The van der Waals surface area contributed by atoms with Crippen LogP contribution in [0.1, 0.15) is 48.3 Å². The van der Waals surface area contributed by atoms with Crippen LogP contribution >= 0.6 is 15.9 Å². The quantitative estimate of drug-likeness (QED) is 0.839. The van der Waals surface area contributed by atoms with Gasteiger partial charge in [-0.05, 0) is 42.4 Å². The van der Waals surface area contributed by atoms with E-state index in [1.54, 1.807) is 0 Å². The lowest BCUT2D eigenvalue weighted by Gasteiger charge is -2.32. The summed E-state index contributed by atoms with van der Waals surface area (Å²) in [7, 11) is 0. The molecule has 0 radical (unpaired) electrons. The fourth-order valence-electron chi connectivity index (χ4n) is 3.38. The maximum Gasteiger partial charge on any atom is 0.318 e. The van der Waals surface area contributed by atoms with Crippen LogP contribution in [0, 0.1) is 11.7 Å². The SMILES string of the molecule is CCc1c(F)cc2c(c1Br)C(C(=O)O)C(=O)C1CC2C1. The topological polar surface area (TPSA) is 54.4 Å². The third-order valence-electron chi connectivity index (χ3n) is 4.54. The summed E-state index contributed by atoms with van der Waals surface area (Å²) < 4.78 is 14.6. The number of carbonyl (C=O) groups is 2. The van der Waals surface area contributed by atoms with Gasteiger partial charge in [-0.25, -0.2) is 4.39 Å². The second-order valence-electron chi connectivity index (χ2n) is 5.55. The summed E-state index contributed by atoms with van der Waals surface area (Å²) >= 11 is 3.34. The van der Waals surface area contributed by atoms with Crippen molar-refractivity contribution in [3.8, 4) is 0 Å². The van der Waals surface area contributed by atoms with Crippen molar-refractivity contribution in [3.63, 3.8) is 0 Å². The molecule has 20 heavy (non-hydrogen) atoms. The Morgan fingerprint density at radius 2 is 2.10 bits per heavy atom. The molecule has 0 amide bonds. The Morgan fingerprint density at radius 1 is 1.45 bits per heavy atom. The molecule has 0 aromatic heterocycles. The normalized spacial score (nSPS) is 27.6. The molecule has 1 aromatic carbocycles. The Labute approximate surface area is 124 Å². The van der Waals surface area contributed by atoms with Crippen molar-refractivity contribution in [2.75, 3.05) is 0 Å². The number of benzene rings is 1. The van der Waals surface area contributed by atoms with E-state index in [-0.39, 0.29) is 23.4 Å². The summed E-state index contributed by atoms with van der Waals surface area (Å²) in [6, 6.07) is 1.44. The van der Waals surface area contributed by atoms with Gasteiger partial charge in [0.25, 0.3) is 0 Å². The van der Waals surface area contributed by atoms with E-state index in [1.165, 1.54) is 6.07 Å². The number of carbonyl (C=O) groups excluding carboxylic acids is 1. The van der Waals surface area contributed by atoms with Crippen molar-refractivity contribution in [3.05, 3.63) is 33.0 Å². The van der Waals surface area contributed by atoms with E-state index in [2.05, 4.69) is 15.9 Å². The predicted octanol–water partition coefficient (Wildman–Crippen LogP) is 3.40. The summed E-state index contributed by atoms with van der Waals surface area (Å²) in [4.78, 5) is 23.9. The molecule has 0 saturated heterocycles. The minimum atomic E-state index is -1.16. The third-order valence-corrected chi connectivity index (χ3v) is 5.44. The smallest absolute Gasteiger partial charge is 0.318 e. The van der Waals surface area contributed by atoms with Crippen molar-refractivity contribution in [2.24, 2.45) is 5.92 Å². The molecule has 106 valence electrons. The zero-order chi connectivity index (χ0) is 14.6. The molecule has 2 bridgehead atoms. The fraction of sp³-hybridized carbons (Fsp3) is 0.467. The highest BCUT2D eigenvalue weighted by atomic mass is 79.9. The van der Waals surface area contributed by atoms with Gasteiger partial charge >= 0.3 is 5.97 Å². The Morgan fingerprint density at radius 3 is 2.65 bits per heavy atom.